The molecule has 1 unspecified atom stereocenters. The average Bonchev–Trinajstić information content (AvgIpc) is 2.39. The van der Waals surface area contributed by atoms with E-state index in [-0.39, 0.29) is 18.0 Å². The Morgan fingerprint density at radius 1 is 1.38 bits per heavy atom. The topological polar surface area (TPSA) is 26.3 Å². The molecular weight excluding hydrogens is 200 g/mol. The number of hydrogen-bond acceptors (Lipinski definition) is 2. The number of hydrogen-bond donors (Lipinski definition) is 0. The molecule has 2 atom stereocenters. The van der Waals surface area contributed by atoms with Gasteiger partial charge in [-0.15, -0.1) is 6.58 Å². The van der Waals surface area contributed by atoms with E-state index >= 15 is 0 Å². The lowest BCUT2D eigenvalue weighted by molar-refractivity contribution is 0.0276. The summed E-state index contributed by atoms with van der Waals surface area (Å²) in [4.78, 5) is 12.1. The molecule has 2 heteroatoms. The van der Waals surface area contributed by atoms with E-state index in [9.17, 15) is 4.79 Å². The van der Waals surface area contributed by atoms with E-state index in [1.165, 1.54) is 0 Å². The largest absolute Gasteiger partial charge is 0.358 e. The standard InChI is InChI=1S/C14H14O2/c1-2-12-9-6-10-13(16-12)14(15)11-7-4-3-5-8-11/h2-9,12-13H,1,10H2/t12-,13?/m0/s1. The Bertz CT molecular complexity index is 406. The summed E-state index contributed by atoms with van der Waals surface area (Å²) in [6.07, 6.45) is 5.70. The third kappa shape index (κ3) is 2.28. The SMILES string of the molecule is C=C[C@H]1C=CCC(C(=O)c2ccccc2)O1. The lowest BCUT2D eigenvalue weighted by Crippen LogP contribution is -2.30. The zero-order chi connectivity index (χ0) is 11.4. The predicted molar refractivity (Wildman–Crippen MR) is 63.4 cm³/mol. The molecule has 0 aliphatic carbocycles. The van der Waals surface area contributed by atoms with E-state index in [2.05, 4.69) is 6.58 Å². The van der Waals surface area contributed by atoms with Gasteiger partial charge in [-0.1, -0.05) is 48.6 Å². The molecule has 82 valence electrons. The Morgan fingerprint density at radius 3 is 2.81 bits per heavy atom. The van der Waals surface area contributed by atoms with Crippen LogP contribution in [0.4, 0.5) is 0 Å². The van der Waals surface area contributed by atoms with Crippen molar-refractivity contribution in [3.8, 4) is 0 Å². The van der Waals surface area contributed by atoms with Gasteiger partial charge in [-0.25, -0.2) is 0 Å². The van der Waals surface area contributed by atoms with Crippen molar-refractivity contribution in [2.45, 2.75) is 18.6 Å². The summed E-state index contributed by atoms with van der Waals surface area (Å²) in [5, 5.41) is 0. The maximum absolute atomic E-state index is 12.1. The quantitative estimate of drug-likeness (QED) is 0.571. The number of ketones is 1. The fourth-order valence-electron chi connectivity index (χ4n) is 1.72. The maximum Gasteiger partial charge on any atom is 0.191 e. The van der Waals surface area contributed by atoms with Crippen LogP contribution in [-0.2, 0) is 4.74 Å². The minimum atomic E-state index is -0.379. The summed E-state index contributed by atoms with van der Waals surface area (Å²) in [6, 6.07) is 9.23. The molecule has 0 saturated heterocycles. The van der Waals surface area contributed by atoms with Crippen LogP contribution < -0.4 is 0 Å². The van der Waals surface area contributed by atoms with Gasteiger partial charge >= 0.3 is 0 Å². The Kier molecular flexibility index (Phi) is 3.32. The number of Topliss-reactive ketones (excluding diaryl/α,β-unsaturated/α-hetero) is 1. The number of rotatable bonds is 3. The Labute approximate surface area is 95.2 Å². The first-order valence-electron chi connectivity index (χ1n) is 5.35. The molecule has 16 heavy (non-hydrogen) atoms. The van der Waals surface area contributed by atoms with Crippen LogP contribution in [-0.4, -0.2) is 18.0 Å². The maximum atomic E-state index is 12.1. The lowest BCUT2D eigenvalue weighted by Gasteiger charge is -2.22. The highest BCUT2D eigenvalue weighted by Crippen LogP contribution is 2.17. The number of carbonyl (C=O) groups excluding carboxylic acids is 1. The molecule has 1 aromatic carbocycles. The van der Waals surface area contributed by atoms with E-state index < -0.39 is 0 Å². The first kappa shape index (κ1) is 10.8. The van der Waals surface area contributed by atoms with Gasteiger partial charge in [0, 0.05) is 5.56 Å². The molecule has 1 aliphatic rings. The van der Waals surface area contributed by atoms with Gasteiger partial charge in [0.05, 0.1) is 6.10 Å². The van der Waals surface area contributed by atoms with Gasteiger partial charge in [0.1, 0.15) is 6.10 Å². The zero-order valence-electron chi connectivity index (χ0n) is 9.00. The molecule has 0 spiro atoms. The van der Waals surface area contributed by atoms with Crippen molar-refractivity contribution in [2.75, 3.05) is 0 Å². The highest BCUT2D eigenvalue weighted by atomic mass is 16.5. The fraction of sp³-hybridized carbons (Fsp3) is 0.214. The molecular formula is C14H14O2. The normalized spacial score (nSPS) is 24.0. The first-order valence-corrected chi connectivity index (χ1v) is 5.35. The van der Waals surface area contributed by atoms with E-state index in [1.807, 2.05) is 42.5 Å². The molecule has 0 bridgehead atoms. The molecule has 0 radical (unpaired) electrons. The van der Waals surface area contributed by atoms with Crippen LogP contribution in [0.3, 0.4) is 0 Å². The van der Waals surface area contributed by atoms with Crippen LogP contribution in [0, 0.1) is 0 Å². The second-order valence-electron chi connectivity index (χ2n) is 3.72. The number of benzene rings is 1. The fourth-order valence-corrected chi connectivity index (χ4v) is 1.72. The molecule has 0 fully saturated rings. The van der Waals surface area contributed by atoms with Crippen LogP contribution in [0.1, 0.15) is 16.8 Å². The van der Waals surface area contributed by atoms with Gasteiger partial charge in [-0.05, 0) is 6.42 Å². The summed E-state index contributed by atoms with van der Waals surface area (Å²) in [7, 11) is 0. The van der Waals surface area contributed by atoms with Crippen LogP contribution in [0.15, 0.2) is 55.1 Å². The summed E-state index contributed by atoms with van der Waals surface area (Å²) < 4.78 is 5.60. The molecule has 0 N–H and O–H groups in total. The minimum Gasteiger partial charge on any atom is -0.358 e. The Balaban J connectivity index is 2.12. The molecule has 2 rings (SSSR count). The van der Waals surface area contributed by atoms with Gasteiger partial charge in [-0.3, -0.25) is 4.79 Å². The molecule has 1 heterocycles. The van der Waals surface area contributed by atoms with Crippen molar-refractivity contribution in [1.29, 1.82) is 0 Å². The molecule has 0 saturated carbocycles. The smallest absolute Gasteiger partial charge is 0.191 e. The van der Waals surface area contributed by atoms with Crippen molar-refractivity contribution in [3.05, 3.63) is 60.7 Å². The van der Waals surface area contributed by atoms with E-state index in [0.717, 1.165) is 0 Å². The summed E-state index contributed by atoms with van der Waals surface area (Å²) in [6.45, 7) is 3.66. The molecule has 0 amide bonds. The van der Waals surface area contributed by atoms with E-state index in [0.29, 0.717) is 12.0 Å². The van der Waals surface area contributed by atoms with E-state index in [4.69, 9.17) is 4.74 Å². The monoisotopic (exact) mass is 214 g/mol. The van der Waals surface area contributed by atoms with Crippen molar-refractivity contribution < 1.29 is 9.53 Å². The highest BCUT2D eigenvalue weighted by molar-refractivity contribution is 5.99. The second-order valence-corrected chi connectivity index (χ2v) is 3.72. The van der Waals surface area contributed by atoms with E-state index in [1.54, 1.807) is 6.08 Å². The van der Waals surface area contributed by atoms with Gasteiger partial charge in [0.25, 0.3) is 0 Å². The van der Waals surface area contributed by atoms with Crippen molar-refractivity contribution in [2.24, 2.45) is 0 Å². The van der Waals surface area contributed by atoms with Gasteiger partial charge in [0.15, 0.2) is 5.78 Å². The van der Waals surface area contributed by atoms with Crippen molar-refractivity contribution in [3.63, 3.8) is 0 Å². The lowest BCUT2D eigenvalue weighted by atomic mass is 10.0. The molecule has 2 nitrogen and oxygen atoms in total. The molecule has 1 aromatic rings. The summed E-state index contributed by atoms with van der Waals surface area (Å²) in [5.74, 6) is 0.0387. The van der Waals surface area contributed by atoms with Crippen LogP contribution in [0.5, 0.6) is 0 Å². The zero-order valence-corrected chi connectivity index (χ0v) is 9.00. The minimum absolute atomic E-state index is 0.0387. The average molecular weight is 214 g/mol. The summed E-state index contributed by atoms with van der Waals surface area (Å²) >= 11 is 0. The van der Waals surface area contributed by atoms with Crippen LogP contribution >= 0.6 is 0 Å². The van der Waals surface area contributed by atoms with Gasteiger partial charge < -0.3 is 4.74 Å². The second kappa shape index (κ2) is 4.90. The van der Waals surface area contributed by atoms with Crippen molar-refractivity contribution >= 4 is 5.78 Å². The third-order valence-electron chi connectivity index (χ3n) is 2.58. The molecule has 0 aromatic heterocycles. The molecule has 1 aliphatic heterocycles. The van der Waals surface area contributed by atoms with Crippen LogP contribution in [0.25, 0.3) is 0 Å². The van der Waals surface area contributed by atoms with Gasteiger partial charge in [0.2, 0.25) is 0 Å². The first-order chi connectivity index (χ1) is 7.81. The van der Waals surface area contributed by atoms with Gasteiger partial charge in [-0.2, -0.15) is 0 Å². The third-order valence-corrected chi connectivity index (χ3v) is 2.58. The number of ether oxygens (including phenoxy) is 1. The summed E-state index contributed by atoms with van der Waals surface area (Å²) in [5.41, 5.74) is 0.700. The highest BCUT2D eigenvalue weighted by Gasteiger charge is 2.24. The Morgan fingerprint density at radius 2 is 2.12 bits per heavy atom. The van der Waals surface area contributed by atoms with Crippen LogP contribution in [0.2, 0.25) is 0 Å². The Hall–Kier alpha value is -1.67. The number of carbonyl (C=O) groups is 1. The predicted octanol–water partition coefficient (Wildman–Crippen LogP) is 2.77. The van der Waals surface area contributed by atoms with Crippen molar-refractivity contribution in [1.82, 2.24) is 0 Å².